The van der Waals surface area contributed by atoms with Gasteiger partial charge in [0.15, 0.2) is 5.82 Å². The fourth-order valence-corrected chi connectivity index (χ4v) is 3.22. The zero-order valence-electron chi connectivity index (χ0n) is 12.9. The van der Waals surface area contributed by atoms with Crippen molar-refractivity contribution in [1.82, 2.24) is 15.2 Å². The van der Waals surface area contributed by atoms with Crippen LogP contribution in [0.25, 0.3) is 0 Å². The molecule has 0 bridgehead atoms. The lowest BCUT2D eigenvalue weighted by Gasteiger charge is -2.19. The second-order valence-electron chi connectivity index (χ2n) is 5.34. The Morgan fingerprint density at radius 3 is 2.96 bits per heavy atom. The monoisotopic (exact) mass is 354 g/mol. The number of hydrogen-bond acceptors (Lipinski definition) is 6. The molecule has 1 aromatic rings. The third kappa shape index (κ3) is 5.14. The maximum absolute atomic E-state index is 11.4. The summed E-state index contributed by atoms with van der Waals surface area (Å²) in [4.78, 5) is 17.1. The molecule has 0 aliphatic carbocycles. The van der Waals surface area contributed by atoms with Gasteiger partial charge in [0.05, 0.1) is 10.7 Å². The highest BCUT2D eigenvalue weighted by Crippen LogP contribution is 2.21. The number of aromatic nitrogens is 1. The molecule has 1 aromatic heterocycles. The third-order valence-electron chi connectivity index (χ3n) is 3.23. The zero-order valence-corrected chi connectivity index (χ0v) is 14.5. The van der Waals surface area contributed by atoms with Crippen LogP contribution in [0.3, 0.4) is 0 Å². The van der Waals surface area contributed by atoms with Gasteiger partial charge in [-0.25, -0.2) is 4.98 Å². The summed E-state index contributed by atoms with van der Waals surface area (Å²) in [6.07, 6.45) is 1.69. The molecule has 0 amide bonds. The highest BCUT2D eigenvalue weighted by molar-refractivity contribution is 7.99. The molecule has 0 spiro atoms. The highest BCUT2D eigenvalue weighted by Gasteiger charge is 2.27. The molecule has 0 radical (unpaired) electrons. The predicted molar refractivity (Wildman–Crippen MR) is 93.8 cm³/mol. The van der Waals surface area contributed by atoms with Crippen LogP contribution in [0.1, 0.15) is 12.5 Å². The van der Waals surface area contributed by atoms with Crippen molar-refractivity contribution in [2.45, 2.75) is 13.5 Å². The predicted octanol–water partition coefficient (Wildman–Crippen LogP) is 2.90. The number of nitrogens with zero attached hydrogens (tertiary/aromatic N) is 3. The maximum Gasteiger partial charge on any atom is 0.295 e. The van der Waals surface area contributed by atoms with E-state index in [0.29, 0.717) is 35.6 Å². The number of rotatable bonds is 7. The molecule has 6 nitrogen and oxygen atoms in total. The maximum atomic E-state index is 11.4. The van der Waals surface area contributed by atoms with E-state index in [9.17, 15) is 10.1 Å². The van der Waals surface area contributed by atoms with E-state index >= 15 is 0 Å². The molecule has 8 heteroatoms. The Labute approximate surface area is 144 Å². The van der Waals surface area contributed by atoms with Gasteiger partial charge in [-0.2, -0.15) is 0 Å². The molecule has 2 rings (SSSR count). The molecule has 1 aliphatic heterocycles. The summed E-state index contributed by atoms with van der Waals surface area (Å²) < 4.78 is 0. The van der Waals surface area contributed by atoms with Crippen LogP contribution in [-0.2, 0) is 6.54 Å². The van der Waals surface area contributed by atoms with E-state index < -0.39 is 0 Å². The van der Waals surface area contributed by atoms with Crippen LogP contribution in [0.2, 0.25) is 5.15 Å². The van der Waals surface area contributed by atoms with E-state index in [1.165, 1.54) is 11.8 Å². The van der Waals surface area contributed by atoms with Gasteiger partial charge in [0.2, 0.25) is 0 Å². The molecule has 1 N–H and O–H groups in total. The van der Waals surface area contributed by atoms with Crippen LogP contribution in [-0.4, -0.2) is 39.4 Å². The van der Waals surface area contributed by atoms with Crippen molar-refractivity contribution < 1.29 is 4.92 Å². The molecular formula is C15H19ClN4O2S. The molecule has 1 fully saturated rings. The summed E-state index contributed by atoms with van der Waals surface area (Å²) in [6.45, 7) is 7.72. The van der Waals surface area contributed by atoms with Crippen molar-refractivity contribution in [3.05, 3.63) is 62.8 Å². The van der Waals surface area contributed by atoms with E-state index in [4.69, 9.17) is 11.6 Å². The summed E-state index contributed by atoms with van der Waals surface area (Å²) >= 11 is 7.29. The molecule has 0 saturated carbocycles. The number of pyridine rings is 1. The minimum atomic E-state index is -0.299. The lowest BCUT2D eigenvalue weighted by atomic mass is 10.2. The number of nitro groups is 1. The van der Waals surface area contributed by atoms with Gasteiger partial charge in [0, 0.05) is 31.6 Å². The van der Waals surface area contributed by atoms with Crippen LogP contribution in [0.15, 0.2) is 42.0 Å². The van der Waals surface area contributed by atoms with Crippen molar-refractivity contribution in [2.75, 3.05) is 24.6 Å². The van der Waals surface area contributed by atoms with Crippen molar-refractivity contribution in [2.24, 2.45) is 0 Å². The average molecular weight is 355 g/mol. The van der Waals surface area contributed by atoms with Crippen molar-refractivity contribution in [3.63, 3.8) is 0 Å². The molecule has 1 aliphatic rings. The van der Waals surface area contributed by atoms with Crippen LogP contribution in [0.5, 0.6) is 0 Å². The van der Waals surface area contributed by atoms with Crippen LogP contribution in [0.4, 0.5) is 0 Å². The molecule has 1 saturated heterocycles. The smallest absolute Gasteiger partial charge is 0.295 e. The minimum Gasteiger partial charge on any atom is -0.365 e. The summed E-state index contributed by atoms with van der Waals surface area (Å²) in [5.74, 6) is 1.66. The Kier molecular flexibility index (Phi) is 6.29. The molecule has 23 heavy (non-hydrogen) atoms. The van der Waals surface area contributed by atoms with E-state index in [2.05, 4.69) is 16.9 Å². The Bertz CT molecular complexity index is 618. The van der Waals surface area contributed by atoms with Gasteiger partial charge in [-0.15, -0.1) is 11.8 Å². The molecule has 124 valence electrons. The number of thioether (sulfide) groups is 1. The average Bonchev–Trinajstić information content (AvgIpc) is 2.93. The van der Waals surface area contributed by atoms with Gasteiger partial charge in [-0.1, -0.05) is 29.8 Å². The third-order valence-corrected chi connectivity index (χ3v) is 4.63. The van der Waals surface area contributed by atoms with Gasteiger partial charge < -0.3 is 10.2 Å². The van der Waals surface area contributed by atoms with Gasteiger partial charge >= 0.3 is 0 Å². The Morgan fingerprint density at radius 2 is 2.35 bits per heavy atom. The lowest BCUT2D eigenvalue weighted by molar-refractivity contribution is -0.425. The van der Waals surface area contributed by atoms with E-state index in [0.717, 1.165) is 17.7 Å². The standard InChI is InChI=1S/C15H19ClN4O2S/c1-11(2)9-23-10-13(20(21)22)15-17-5-6-19(15)8-12-3-4-14(16)18-7-12/h3-4,7,17H,1,5-6,8-10H2,2H3/b15-13-. The van der Waals surface area contributed by atoms with Crippen molar-refractivity contribution >= 4 is 23.4 Å². The Morgan fingerprint density at radius 1 is 1.57 bits per heavy atom. The summed E-state index contributed by atoms with van der Waals surface area (Å²) in [7, 11) is 0. The summed E-state index contributed by atoms with van der Waals surface area (Å²) in [6, 6.07) is 3.60. The number of nitrogens with one attached hydrogen (secondary N) is 1. The lowest BCUT2D eigenvalue weighted by Crippen LogP contribution is -2.24. The first-order valence-corrected chi connectivity index (χ1v) is 8.69. The molecule has 0 unspecified atom stereocenters. The van der Waals surface area contributed by atoms with Crippen LogP contribution in [0, 0.1) is 10.1 Å². The van der Waals surface area contributed by atoms with Gasteiger partial charge in [0.1, 0.15) is 5.15 Å². The first kappa shape index (κ1) is 17.6. The Hall–Kier alpha value is -1.73. The highest BCUT2D eigenvalue weighted by atomic mass is 35.5. The second-order valence-corrected chi connectivity index (χ2v) is 6.71. The van der Waals surface area contributed by atoms with Gasteiger partial charge in [-0.05, 0) is 18.6 Å². The number of hydrogen-bond donors (Lipinski definition) is 1. The number of halogens is 1. The fourth-order valence-electron chi connectivity index (χ4n) is 2.23. The van der Waals surface area contributed by atoms with Crippen molar-refractivity contribution in [1.29, 1.82) is 0 Å². The van der Waals surface area contributed by atoms with Crippen LogP contribution >= 0.6 is 23.4 Å². The first-order chi connectivity index (χ1) is 11.0. The Balaban J connectivity index is 2.13. The molecule has 0 atom stereocenters. The van der Waals surface area contributed by atoms with Gasteiger partial charge in [0.25, 0.3) is 5.70 Å². The SMILES string of the molecule is C=C(C)CSC/C(=C1\NCCN1Cc1ccc(Cl)nc1)[N+](=O)[O-]. The largest absolute Gasteiger partial charge is 0.365 e. The van der Waals surface area contributed by atoms with Crippen LogP contribution < -0.4 is 5.32 Å². The van der Waals surface area contributed by atoms with Crippen molar-refractivity contribution in [3.8, 4) is 0 Å². The summed E-state index contributed by atoms with van der Waals surface area (Å²) in [5.41, 5.74) is 2.18. The van der Waals surface area contributed by atoms with E-state index in [-0.39, 0.29) is 10.6 Å². The van der Waals surface area contributed by atoms with E-state index in [1.54, 1.807) is 12.3 Å². The second kappa shape index (κ2) is 8.21. The summed E-state index contributed by atoms with van der Waals surface area (Å²) in [5, 5.41) is 15.0. The zero-order chi connectivity index (χ0) is 16.8. The molecule has 2 heterocycles. The molecular weight excluding hydrogens is 336 g/mol. The normalized spacial score (nSPS) is 16.2. The minimum absolute atomic E-state index is 0.204. The quantitative estimate of drug-likeness (QED) is 0.351. The fraction of sp³-hybridized carbons (Fsp3) is 0.400. The molecule has 0 aromatic carbocycles. The van der Waals surface area contributed by atoms with Gasteiger partial charge in [-0.3, -0.25) is 10.1 Å². The first-order valence-electron chi connectivity index (χ1n) is 7.16. The topological polar surface area (TPSA) is 71.3 Å². The van der Waals surface area contributed by atoms with E-state index in [1.807, 2.05) is 17.9 Å².